The van der Waals surface area contributed by atoms with Gasteiger partial charge < -0.3 is 5.73 Å². The molecule has 0 saturated carbocycles. The fourth-order valence-corrected chi connectivity index (χ4v) is 1.80. The molecule has 2 rings (SSSR count). The van der Waals surface area contributed by atoms with Crippen LogP contribution in [0.1, 0.15) is 26.3 Å². The normalized spacial score (nSPS) is 10.0. The summed E-state index contributed by atoms with van der Waals surface area (Å²) in [7, 11) is 0. The highest BCUT2D eigenvalue weighted by Crippen LogP contribution is 2.12. The summed E-state index contributed by atoms with van der Waals surface area (Å²) in [6.45, 7) is 1.80. The molecule has 0 fully saturated rings. The summed E-state index contributed by atoms with van der Waals surface area (Å²) in [5, 5.41) is 0.535. The number of nitrogen functional groups attached to an aromatic ring is 1. The third kappa shape index (κ3) is 3.73. The van der Waals surface area contributed by atoms with Crippen molar-refractivity contribution in [2.24, 2.45) is 0 Å². The lowest BCUT2D eigenvalue weighted by Gasteiger charge is -2.08. The van der Waals surface area contributed by atoms with Crippen LogP contribution in [0.4, 0.5) is 5.69 Å². The zero-order chi connectivity index (χ0) is 15.4. The summed E-state index contributed by atoms with van der Waals surface area (Å²) in [5.41, 5.74) is 12.6. The van der Waals surface area contributed by atoms with Gasteiger partial charge in [-0.15, -0.1) is 0 Å². The molecular formula is C15H14ClN3O2. The highest BCUT2D eigenvalue weighted by Gasteiger charge is 2.09. The van der Waals surface area contributed by atoms with Crippen molar-refractivity contribution >= 4 is 29.1 Å². The number of nitrogens with two attached hydrogens (primary N) is 1. The topological polar surface area (TPSA) is 84.2 Å². The van der Waals surface area contributed by atoms with Gasteiger partial charge in [-0.05, 0) is 55.0 Å². The molecule has 5 nitrogen and oxygen atoms in total. The zero-order valence-corrected chi connectivity index (χ0v) is 12.1. The molecule has 0 saturated heterocycles. The quantitative estimate of drug-likeness (QED) is 0.588. The van der Waals surface area contributed by atoms with Crippen LogP contribution < -0.4 is 16.6 Å². The van der Waals surface area contributed by atoms with Gasteiger partial charge in [0.15, 0.2) is 0 Å². The average Bonchev–Trinajstić information content (AvgIpc) is 2.48. The number of benzene rings is 2. The monoisotopic (exact) mass is 303 g/mol. The molecule has 0 unspecified atom stereocenters. The largest absolute Gasteiger partial charge is 0.399 e. The molecular weight excluding hydrogens is 290 g/mol. The second kappa shape index (κ2) is 6.28. The molecule has 0 aliphatic rings. The fourth-order valence-electron chi connectivity index (χ4n) is 1.68. The highest BCUT2D eigenvalue weighted by molar-refractivity contribution is 6.30. The van der Waals surface area contributed by atoms with E-state index in [4.69, 9.17) is 17.3 Å². The van der Waals surface area contributed by atoms with E-state index in [1.165, 1.54) is 0 Å². The van der Waals surface area contributed by atoms with Gasteiger partial charge in [-0.2, -0.15) is 0 Å². The Labute approximate surface area is 127 Å². The Morgan fingerprint density at radius 1 is 0.952 bits per heavy atom. The van der Waals surface area contributed by atoms with E-state index >= 15 is 0 Å². The summed E-state index contributed by atoms with van der Waals surface area (Å²) in [4.78, 5) is 23.7. The predicted octanol–water partition coefficient (Wildman–Crippen LogP) is 2.31. The molecule has 6 heteroatoms. The minimum Gasteiger partial charge on any atom is -0.399 e. The van der Waals surface area contributed by atoms with Crippen molar-refractivity contribution in [3.05, 3.63) is 64.2 Å². The van der Waals surface area contributed by atoms with Gasteiger partial charge in [0, 0.05) is 21.8 Å². The van der Waals surface area contributed by atoms with Crippen molar-refractivity contribution in [2.75, 3.05) is 5.73 Å². The van der Waals surface area contributed by atoms with Crippen LogP contribution in [0.25, 0.3) is 0 Å². The van der Waals surface area contributed by atoms with Crippen LogP contribution in [-0.4, -0.2) is 11.8 Å². The molecule has 108 valence electrons. The number of aryl methyl sites for hydroxylation is 1. The molecule has 4 N–H and O–H groups in total. The summed E-state index contributed by atoms with van der Waals surface area (Å²) < 4.78 is 0. The summed E-state index contributed by atoms with van der Waals surface area (Å²) in [6.07, 6.45) is 0. The van der Waals surface area contributed by atoms with Crippen LogP contribution in [0, 0.1) is 6.92 Å². The average molecular weight is 304 g/mol. The Morgan fingerprint density at radius 2 is 1.48 bits per heavy atom. The first-order valence-electron chi connectivity index (χ1n) is 6.20. The number of nitrogens with one attached hydrogen (secondary N) is 2. The first-order chi connectivity index (χ1) is 9.97. The lowest BCUT2D eigenvalue weighted by molar-refractivity contribution is 0.0846. The van der Waals surface area contributed by atoms with Gasteiger partial charge in [-0.25, -0.2) is 0 Å². The van der Waals surface area contributed by atoms with Crippen molar-refractivity contribution in [1.82, 2.24) is 10.9 Å². The van der Waals surface area contributed by atoms with Crippen LogP contribution in [0.3, 0.4) is 0 Å². The second-order valence-electron chi connectivity index (χ2n) is 4.49. The standard InChI is InChI=1S/C15H14ClN3O2/c1-9-8-11(4-7-13(9)17)15(21)19-18-14(20)10-2-5-12(16)6-3-10/h2-8H,17H2,1H3,(H,18,20)(H,19,21). The molecule has 0 aliphatic heterocycles. The summed E-state index contributed by atoms with van der Waals surface area (Å²) in [5.74, 6) is -0.840. The molecule has 2 amide bonds. The number of hydrogen-bond donors (Lipinski definition) is 3. The van der Waals surface area contributed by atoms with Gasteiger partial charge in [0.25, 0.3) is 11.8 Å². The first kappa shape index (κ1) is 14.9. The van der Waals surface area contributed by atoms with E-state index in [2.05, 4.69) is 10.9 Å². The fraction of sp³-hybridized carbons (Fsp3) is 0.0667. The molecule has 0 heterocycles. The van der Waals surface area contributed by atoms with Gasteiger partial charge >= 0.3 is 0 Å². The minimum atomic E-state index is -0.424. The number of rotatable bonds is 2. The molecule has 0 atom stereocenters. The van der Waals surface area contributed by atoms with Crippen molar-refractivity contribution in [3.8, 4) is 0 Å². The van der Waals surface area contributed by atoms with E-state index in [9.17, 15) is 9.59 Å². The molecule has 2 aromatic rings. The molecule has 0 bridgehead atoms. The van der Waals surface area contributed by atoms with E-state index in [1.54, 1.807) is 49.4 Å². The molecule has 0 aromatic heterocycles. The van der Waals surface area contributed by atoms with Crippen LogP contribution >= 0.6 is 11.6 Å². The molecule has 0 aliphatic carbocycles. The third-order valence-electron chi connectivity index (χ3n) is 2.93. The van der Waals surface area contributed by atoms with Crippen molar-refractivity contribution in [1.29, 1.82) is 0 Å². The van der Waals surface area contributed by atoms with Crippen LogP contribution in [0.15, 0.2) is 42.5 Å². The summed E-state index contributed by atoms with van der Waals surface area (Å²) in [6, 6.07) is 11.2. The van der Waals surface area contributed by atoms with Gasteiger partial charge in [0.1, 0.15) is 0 Å². The van der Waals surface area contributed by atoms with E-state index in [0.717, 1.165) is 5.56 Å². The van der Waals surface area contributed by atoms with Crippen LogP contribution in [0.5, 0.6) is 0 Å². The number of carbonyl (C=O) groups is 2. The summed E-state index contributed by atoms with van der Waals surface area (Å²) >= 11 is 5.74. The number of carbonyl (C=O) groups excluding carboxylic acids is 2. The third-order valence-corrected chi connectivity index (χ3v) is 3.18. The van der Waals surface area contributed by atoms with Gasteiger partial charge in [-0.3, -0.25) is 20.4 Å². The minimum absolute atomic E-state index is 0.396. The Bertz CT molecular complexity index is 684. The Morgan fingerprint density at radius 3 is 2.05 bits per heavy atom. The highest BCUT2D eigenvalue weighted by atomic mass is 35.5. The van der Waals surface area contributed by atoms with E-state index in [1.807, 2.05) is 0 Å². The first-order valence-corrected chi connectivity index (χ1v) is 6.57. The maximum Gasteiger partial charge on any atom is 0.269 e. The smallest absolute Gasteiger partial charge is 0.269 e. The van der Waals surface area contributed by atoms with Crippen molar-refractivity contribution < 1.29 is 9.59 Å². The molecule has 0 spiro atoms. The van der Waals surface area contributed by atoms with Gasteiger partial charge in [0.2, 0.25) is 0 Å². The maximum atomic E-state index is 11.9. The Hall–Kier alpha value is -2.53. The number of amides is 2. The number of hydrogen-bond acceptors (Lipinski definition) is 3. The Balaban J connectivity index is 1.98. The lowest BCUT2D eigenvalue weighted by Crippen LogP contribution is -2.41. The molecule has 0 radical (unpaired) electrons. The molecule has 21 heavy (non-hydrogen) atoms. The Kier molecular flexibility index (Phi) is 4.45. The van der Waals surface area contributed by atoms with Crippen LogP contribution in [0.2, 0.25) is 5.02 Å². The van der Waals surface area contributed by atoms with E-state index in [-0.39, 0.29) is 0 Å². The zero-order valence-electron chi connectivity index (χ0n) is 11.3. The van der Waals surface area contributed by atoms with Gasteiger partial charge in [0.05, 0.1) is 0 Å². The maximum absolute atomic E-state index is 11.9. The lowest BCUT2D eigenvalue weighted by atomic mass is 10.1. The second-order valence-corrected chi connectivity index (χ2v) is 4.92. The van der Waals surface area contributed by atoms with Crippen molar-refractivity contribution in [3.63, 3.8) is 0 Å². The number of hydrazine groups is 1. The van der Waals surface area contributed by atoms with E-state index < -0.39 is 11.8 Å². The van der Waals surface area contributed by atoms with Gasteiger partial charge in [-0.1, -0.05) is 11.6 Å². The van der Waals surface area contributed by atoms with Crippen LogP contribution in [-0.2, 0) is 0 Å². The predicted molar refractivity (Wildman–Crippen MR) is 82.0 cm³/mol. The number of anilines is 1. The van der Waals surface area contributed by atoms with Crippen molar-refractivity contribution in [2.45, 2.75) is 6.92 Å². The van der Waals surface area contributed by atoms with E-state index in [0.29, 0.717) is 21.8 Å². The number of halogens is 1. The SMILES string of the molecule is Cc1cc(C(=O)NNC(=O)c2ccc(Cl)cc2)ccc1N. The molecule has 2 aromatic carbocycles.